The van der Waals surface area contributed by atoms with E-state index >= 15 is 0 Å². The molecule has 0 spiro atoms. The molecule has 3 aromatic rings. The number of aromatic nitrogens is 3. The van der Waals surface area contributed by atoms with Crippen molar-refractivity contribution in [2.45, 2.75) is 51.4 Å². The third-order valence-electron chi connectivity index (χ3n) is 6.20. The van der Waals surface area contributed by atoms with E-state index in [0.717, 1.165) is 31.2 Å². The highest BCUT2D eigenvalue weighted by Gasteiger charge is 2.24. The summed E-state index contributed by atoms with van der Waals surface area (Å²) in [7, 11) is 5.27. The van der Waals surface area contributed by atoms with Crippen molar-refractivity contribution in [3.8, 4) is 22.9 Å². The Morgan fingerprint density at radius 1 is 1.06 bits per heavy atom. The number of benzene rings is 2. The summed E-state index contributed by atoms with van der Waals surface area (Å²) >= 11 is 5.87. The highest BCUT2D eigenvalue weighted by atomic mass is 32.1. The van der Waals surface area contributed by atoms with E-state index < -0.39 is 0 Å². The minimum absolute atomic E-state index is 0.255. The second kappa shape index (κ2) is 10.5. The van der Waals surface area contributed by atoms with Crippen molar-refractivity contribution in [1.82, 2.24) is 19.2 Å². The van der Waals surface area contributed by atoms with E-state index in [0.29, 0.717) is 40.9 Å². The van der Waals surface area contributed by atoms with Gasteiger partial charge in [0.25, 0.3) is 0 Å². The molecule has 1 aromatic heterocycles. The highest BCUT2D eigenvalue weighted by molar-refractivity contribution is 7.71. The molecule has 8 heteroatoms. The Bertz CT molecular complexity index is 1150. The van der Waals surface area contributed by atoms with Crippen molar-refractivity contribution in [3.63, 3.8) is 0 Å². The molecule has 176 valence electrons. The molecular formula is C25H31FN4O2S. The summed E-state index contributed by atoms with van der Waals surface area (Å²) in [6.07, 6.45) is 5.65. The molecule has 0 unspecified atom stereocenters. The zero-order valence-corrected chi connectivity index (χ0v) is 20.3. The first-order valence-electron chi connectivity index (χ1n) is 11.4. The maximum Gasteiger partial charge on any atom is 0.199 e. The number of rotatable bonds is 8. The number of nitrogens with zero attached hydrogens (tertiary/aromatic N) is 4. The van der Waals surface area contributed by atoms with Crippen molar-refractivity contribution in [2.75, 3.05) is 21.3 Å². The summed E-state index contributed by atoms with van der Waals surface area (Å²) in [4.78, 5) is 2.13. The van der Waals surface area contributed by atoms with E-state index in [-0.39, 0.29) is 11.9 Å². The smallest absolute Gasteiger partial charge is 0.199 e. The topological polar surface area (TPSA) is 44.5 Å². The third-order valence-corrected chi connectivity index (χ3v) is 6.61. The lowest BCUT2D eigenvalue weighted by Crippen LogP contribution is -2.23. The predicted octanol–water partition coefficient (Wildman–Crippen LogP) is 5.83. The van der Waals surface area contributed by atoms with Crippen molar-refractivity contribution >= 4 is 12.2 Å². The highest BCUT2D eigenvalue weighted by Crippen LogP contribution is 2.33. The van der Waals surface area contributed by atoms with Gasteiger partial charge < -0.3 is 9.47 Å². The molecule has 1 saturated carbocycles. The summed E-state index contributed by atoms with van der Waals surface area (Å²) in [5.74, 6) is 1.74. The quantitative estimate of drug-likeness (QED) is 0.388. The van der Waals surface area contributed by atoms with E-state index in [1.165, 1.54) is 12.5 Å². The minimum atomic E-state index is -0.277. The van der Waals surface area contributed by atoms with Crippen LogP contribution in [-0.4, -0.2) is 40.5 Å². The van der Waals surface area contributed by atoms with E-state index in [1.54, 1.807) is 26.4 Å². The van der Waals surface area contributed by atoms with Gasteiger partial charge in [-0.2, -0.15) is 5.10 Å². The largest absolute Gasteiger partial charge is 0.493 e. The Hall–Kier alpha value is -2.71. The molecule has 0 radical (unpaired) electrons. The molecule has 33 heavy (non-hydrogen) atoms. The first-order valence-corrected chi connectivity index (χ1v) is 11.8. The van der Waals surface area contributed by atoms with Gasteiger partial charge in [0.05, 0.1) is 26.5 Å². The average Bonchev–Trinajstić information content (AvgIpc) is 3.15. The number of hydrogen-bond acceptors (Lipinski definition) is 5. The van der Waals surface area contributed by atoms with Crippen LogP contribution in [0, 0.1) is 10.6 Å². The SMILES string of the molecule is COc1ccc(CN(C)Cn2nc(-c3ccccc3F)n(C3CCCCC3)c2=S)cc1OC. The van der Waals surface area contributed by atoms with Gasteiger partial charge >= 0.3 is 0 Å². The van der Waals surface area contributed by atoms with Gasteiger partial charge in [0.15, 0.2) is 22.1 Å². The van der Waals surface area contributed by atoms with Crippen molar-refractivity contribution < 1.29 is 13.9 Å². The normalized spacial score (nSPS) is 14.6. The van der Waals surface area contributed by atoms with Crippen molar-refractivity contribution in [3.05, 3.63) is 58.6 Å². The van der Waals surface area contributed by atoms with Crippen LogP contribution in [0.5, 0.6) is 11.5 Å². The minimum Gasteiger partial charge on any atom is -0.493 e. The van der Waals surface area contributed by atoms with Gasteiger partial charge in [-0.3, -0.25) is 9.47 Å². The van der Waals surface area contributed by atoms with Crippen LogP contribution in [0.25, 0.3) is 11.4 Å². The van der Waals surface area contributed by atoms with E-state index in [1.807, 2.05) is 36.0 Å². The van der Waals surface area contributed by atoms with Crippen LogP contribution >= 0.6 is 12.2 Å². The molecule has 6 nitrogen and oxygen atoms in total. The first-order chi connectivity index (χ1) is 16.0. The Morgan fingerprint density at radius 3 is 2.48 bits per heavy atom. The van der Waals surface area contributed by atoms with Crippen LogP contribution in [0.4, 0.5) is 4.39 Å². The third kappa shape index (κ3) is 5.12. The monoisotopic (exact) mass is 470 g/mol. The molecule has 0 N–H and O–H groups in total. The standard InChI is InChI=1S/C25H31FN4O2S/c1-28(16-18-13-14-22(31-2)23(15-18)32-3)17-29-25(33)30(19-9-5-4-6-10-19)24(27-29)20-11-7-8-12-21(20)26/h7-8,11-15,19H,4-6,9-10,16-17H2,1-3H3. The number of halogens is 1. The summed E-state index contributed by atoms with van der Waals surface area (Å²) < 4.78 is 30.0. The van der Waals surface area contributed by atoms with Crippen LogP contribution in [0.15, 0.2) is 42.5 Å². The molecule has 0 saturated heterocycles. The number of methoxy groups -OCH3 is 2. The molecule has 0 aliphatic heterocycles. The van der Waals surface area contributed by atoms with Gasteiger partial charge in [0, 0.05) is 12.6 Å². The molecule has 1 aliphatic rings. The van der Waals surface area contributed by atoms with Gasteiger partial charge in [-0.05, 0) is 61.9 Å². The second-order valence-corrected chi connectivity index (χ2v) is 8.96. The maximum atomic E-state index is 14.7. The van der Waals surface area contributed by atoms with E-state index in [4.69, 9.17) is 26.8 Å². The number of hydrogen-bond donors (Lipinski definition) is 0. The van der Waals surface area contributed by atoms with Crippen LogP contribution in [0.1, 0.15) is 43.7 Å². The fourth-order valence-electron chi connectivity index (χ4n) is 4.58. The molecule has 0 atom stereocenters. The van der Waals surface area contributed by atoms with Gasteiger partial charge in [-0.15, -0.1) is 0 Å². The lowest BCUT2D eigenvalue weighted by Gasteiger charge is -2.24. The van der Waals surface area contributed by atoms with Crippen molar-refractivity contribution in [2.24, 2.45) is 0 Å². The molecule has 2 aromatic carbocycles. The fraction of sp³-hybridized carbons (Fsp3) is 0.440. The molecular weight excluding hydrogens is 439 g/mol. The Kier molecular flexibility index (Phi) is 7.45. The van der Waals surface area contributed by atoms with E-state index in [9.17, 15) is 4.39 Å². The summed E-state index contributed by atoms with van der Waals surface area (Å²) in [5, 5.41) is 4.81. The van der Waals surface area contributed by atoms with Gasteiger partial charge in [0.2, 0.25) is 0 Å². The fourth-order valence-corrected chi connectivity index (χ4v) is 4.91. The lowest BCUT2D eigenvalue weighted by atomic mass is 9.95. The molecule has 0 bridgehead atoms. The van der Waals surface area contributed by atoms with E-state index in [2.05, 4.69) is 9.47 Å². The maximum absolute atomic E-state index is 14.7. The van der Waals surface area contributed by atoms with Crippen LogP contribution in [0.3, 0.4) is 0 Å². The molecule has 0 amide bonds. The zero-order valence-electron chi connectivity index (χ0n) is 19.5. The predicted molar refractivity (Wildman–Crippen MR) is 130 cm³/mol. The summed E-state index contributed by atoms with van der Waals surface area (Å²) in [6, 6.07) is 13.0. The van der Waals surface area contributed by atoms with Gasteiger partial charge in [-0.1, -0.05) is 37.5 Å². The second-order valence-electron chi connectivity index (χ2n) is 8.59. The van der Waals surface area contributed by atoms with Gasteiger partial charge in [0.1, 0.15) is 5.82 Å². The Balaban J connectivity index is 1.62. The van der Waals surface area contributed by atoms with Crippen LogP contribution in [-0.2, 0) is 13.2 Å². The summed E-state index contributed by atoms with van der Waals surface area (Å²) in [5.41, 5.74) is 1.58. The van der Waals surface area contributed by atoms with Crippen LogP contribution in [0.2, 0.25) is 0 Å². The molecule has 4 rings (SSSR count). The first kappa shape index (κ1) is 23.4. The van der Waals surface area contributed by atoms with Crippen molar-refractivity contribution in [1.29, 1.82) is 0 Å². The van der Waals surface area contributed by atoms with Gasteiger partial charge in [-0.25, -0.2) is 9.07 Å². The molecule has 1 aliphatic carbocycles. The molecule has 1 heterocycles. The molecule has 1 fully saturated rings. The lowest BCUT2D eigenvalue weighted by molar-refractivity contribution is 0.242. The Labute approximate surface area is 199 Å². The average molecular weight is 471 g/mol. The number of ether oxygens (including phenoxy) is 2. The zero-order chi connectivity index (χ0) is 23.4. The Morgan fingerprint density at radius 2 is 1.79 bits per heavy atom. The summed E-state index contributed by atoms with van der Waals surface area (Å²) in [6.45, 7) is 1.17. The van der Waals surface area contributed by atoms with Crippen LogP contribution < -0.4 is 9.47 Å².